The monoisotopic (exact) mass is 441 g/mol. The molecule has 2 aromatic carbocycles. The Bertz CT molecular complexity index is 1850. The van der Waals surface area contributed by atoms with Crippen molar-refractivity contribution in [2.45, 2.75) is 0 Å². The van der Waals surface area contributed by atoms with Crippen LogP contribution in [0.15, 0.2) is 97.3 Å². The van der Waals surface area contributed by atoms with Gasteiger partial charge in [-0.05, 0) is 54.6 Å². The van der Waals surface area contributed by atoms with Gasteiger partial charge in [0.1, 0.15) is 27.8 Å². The van der Waals surface area contributed by atoms with Crippen LogP contribution in [0.3, 0.4) is 0 Å². The molecule has 0 saturated heterocycles. The minimum Gasteiger partial charge on any atom is -0.497 e. The highest BCUT2D eigenvalue weighted by molar-refractivity contribution is 6.13. The number of nitrogens with zero attached hydrogens (tertiary/aromatic N) is 5. The number of benzene rings is 2. The highest BCUT2D eigenvalue weighted by Gasteiger charge is 2.20. The number of rotatable bonds is 3. The summed E-state index contributed by atoms with van der Waals surface area (Å²) < 4.78 is 9.94. The van der Waals surface area contributed by atoms with Crippen LogP contribution in [0, 0.1) is 0 Å². The van der Waals surface area contributed by atoms with Gasteiger partial charge < -0.3 is 13.9 Å². The van der Waals surface area contributed by atoms with Crippen LogP contribution in [0.25, 0.3) is 55.5 Å². The van der Waals surface area contributed by atoms with Gasteiger partial charge in [0.25, 0.3) is 0 Å². The molecule has 0 spiro atoms. The van der Waals surface area contributed by atoms with Gasteiger partial charge in [-0.3, -0.25) is 9.97 Å². The number of hydrogen-bond acceptors (Lipinski definition) is 4. The fraction of sp³-hybridized carbons (Fsp3) is 0.0357. The summed E-state index contributed by atoms with van der Waals surface area (Å²) in [7, 11) is 1.68. The van der Waals surface area contributed by atoms with Gasteiger partial charge in [0.2, 0.25) is 0 Å². The quantitative estimate of drug-likeness (QED) is 0.334. The molecule has 0 N–H and O–H groups in total. The molecule has 0 aliphatic rings. The Balaban J connectivity index is 1.68. The lowest BCUT2D eigenvalue weighted by Crippen LogP contribution is -1.96. The maximum atomic E-state index is 5.51. The summed E-state index contributed by atoms with van der Waals surface area (Å²) in [6.45, 7) is 0. The zero-order valence-corrected chi connectivity index (χ0v) is 18.4. The first-order valence-electron chi connectivity index (χ1n) is 11.1. The van der Waals surface area contributed by atoms with Crippen molar-refractivity contribution in [3.63, 3.8) is 0 Å². The summed E-state index contributed by atoms with van der Waals surface area (Å²) in [4.78, 5) is 14.6. The van der Waals surface area contributed by atoms with Crippen LogP contribution >= 0.6 is 0 Å². The van der Waals surface area contributed by atoms with Crippen molar-refractivity contribution in [3.05, 3.63) is 97.3 Å². The average Bonchev–Trinajstić information content (AvgIpc) is 3.40. The molecule has 0 fully saturated rings. The van der Waals surface area contributed by atoms with Crippen molar-refractivity contribution in [2.24, 2.45) is 0 Å². The minimum atomic E-state index is 0.799. The topological polar surface area (TPSA) is 57.8 Å². The summed E-state index contributed by atoms with van der Waals surface area (Å²) in [5.74, 6) is 0.799. The molecule has 0 atom stereocenters. The molecule has 6 nitrogen and oxygen atoms in total. The second-order valence-corrected chi connectivity index (χ2v) is 8.17. The van der Waals surface area contributed by atoms with Crippen LogP contribution in [0.1, 0.15) is 0 Å². The normalized spacial score (nSPS) is 11.7. The van der Waals surface area contributed by atoms with Gasteiger partial charge >= 0.3 is 0 Å². The molecular formula is C28H19N5O. The summed E-state index contributed by atoms with van der Waals surface area (Å²) in [5, 5.41) is 0. The smallest absolute Gasteiger partial charge is 0.120 e. The van der Waals surface area contributed by atoms with E-state index in [-0.39, 0.29) is 0 Å². The van der Waals surface area contributed by atoms with Crippen LogP contribution in [0.2, 0.25) is 0 Å². The van der Waals surface area contributed by atoms with Crippen molar-refractivity contribution in [1.29, 1.82) is 0 Å². The van der Waals surface area contributed by atoms with Gasteiger partial charge in [0.05, 0.1) is 29.2 Å². The van der Waals surface area contributed by atoms with Crippen molar-refractivity contribution < 1.29 is 4.74 Å². The molecular weight excluding hydrogens is 422 g/mol. The van der Waals surface area contributed by atoms with Gasteiger partial charge in [-0.25, -0.2) is 4.98 Å². The Morgan fingerprint density at radius 1 is 0.559 bits per heavy atom. The Kier molecular flexibility index (Phi) is 3.96. The molecule has 162 valence electrons. The predicted octanol–water partition coefficient (Wildman–Crippen LogP) is 6.07. The second-order valence-electron chi connectivity index (χ2n) is 8.17. The average molecular weight is 441 g/mol. The maximum absolute atomic E-state index is 5.51. The van der Waals surface area contributed by atoms with E-state index in [0.717, 1.165) is 61.3 Å². The zero-order valence-electron chi connectivity index (χ0n) is 18.4. The highest BCUT2D eigenvalue weighted by atomic mass is 16.5. The van der Waals surface area contributed by atoms with E-state index in [4.69, 9.17) is 19.7 Å². The number of hydrogen-bond donors (Lipinski definition) is 0. The third-order valence-corrected chi connectivity index (χ3v) is 6.29. The van der Waals surface area contributed by atoms with Crippen molar-refractivity contribution in [3.8, 4) is 17.1 Å². The minimum absolute atomic E-state index is 0.799. The number of methoxy groups -OCH3 is 1. The SMILES string of the molecule is COc1cccc(-n2c3cccnc3c3nc4c5ncccc5n(-c5ccccc5)c4cc32)c1. The largest absolute Gasteiger partial charge is 0.497 e. The molecule has 0 aliphatic heterocycles. The summed E-state index contributed by atoms with van der Waals surface area (Å²) in [5.41, 5.74) is 9.51. The first kappa shape index (κ1) is 18.8. The van der Waals surface area contributed by atoms with E-state index >= 15 is 0 Å². The van der Waals surface area contributed by atoms with E-state index in [9.17, 15) is 0 Å². The third kappa shape index (κ3) is 2.59. The van der Waals surface area contributed by atoms with Crippen LogP contribution < -0.4 is 4.74 Å². The number of aromatic nitrogens is 5. The standard InChI is InChI=1S/C28H19N5O/c1-34-20-11-5-10-19(16-20)33-22-13-7-15-30-26(22)28-24(33)17-23-27(31-28)25-21(12-6-14-29-25)32(23)18-8-3-2-4-9-18/h2-17H,1H3. The molecule has 5 aromatic heterocycles. The molecule has 34 heavy (non-hydrogen) atoms. The molecule has 0 saturated carbocycles. The molecule has 0 bridgehead atoms. The number of ether oxygens (including phenoxy) is 1. The van der Waals surface area contributed by atoms with Crippen molar-refractivity contribution >= 4 is 44.1 Å². The summed E-state index contributed by atoms with van der Waals surface area (Å²) in [6, 6.07) is 28.7. The van der Waals surface area contributed by atoms with Gasteiger partial charge in [-0.2, -0.15) is 0 Å². The molecule has 6 heteroatoms. The third-order valence-electron chi connectivity index (χ3n) is 6.29. The molecule has 7 aromatic rings. The number of fused-ring (bicyclic) bond motifs is 6. The van der Waals surface area contributed by atoms with E-state index in [0.29, 0.717) is 0 Å². The van der Waals surface area contributed by atoms with Crippen molar-refractivity contribution in [2.75, 3.05) is 7.11 Å². The highest BCUT2D eigenvalue weighted by Crippen LogP contribution is 2.36. The Morgan fingerprint density at radius 2 is 1.18 bits per heavy atom. The second kappa shape index (κ2) is 7.15. The Hall–Kier alpha value is -4.71. The van der Waals surface area contributed by atoms with E-state index < -0.39 is 0 Å². The molecule has 0 amide bonds. The van der Waals surface area contributed by atoms with E-state index in [2.05, 4.69) is 45.5 Å². The van der Waals surface area contributed by atoms with Gasteiger partial charge in [-0.1, -0.05) is 24.3 Å². The summed E-state index contributed by atoms with van der Waals surface area (Å²) >= 11 is 0. The first-order valence-corrected chi connectivity index (χ1v) is 11.1. The van der Waals surface area contributed by atoms with Gasteiger partial charge in [0, 0.05) is 29.8 Å². The fourth-order valence-corrected chi connectivity index (χ4v) is 4.84. The summed E-state index contributed by atoms with van der Waals surface area (Å²) in [6.07, 6.45) is 3.63. The van der Waals surface area contributed by atoms with Crippen LogP contribution in [0.4, 0.5) is 0 Å². The number of para-hydroxylation sites is 1. The van der Waals surface area contributed by atoms with Gasteiger partial charge in [0.15, 0.2) is 0 Å². The maximum Gasteiger partial charge on any atom is 0.120 e. The van der Waals surface area contributed by atoms with Crippen LogP contribution in [-0.2, 0) is 0 Å². The molecule has 5 heterocycles. The molecule has 7 rings (SSSR count). The fourth-order valence-electron chi connectivity index (χ4n) is 4.84. The number of pyridine rings is 3. The first-order chi connectivity index (χ1) is 16.8. The Labute approximate surface area is 194 Å². The van der Waals surface area contributed by atoms with Crippen LogP contribution in [0.5, 0.6) is 5.75 Å². The molecule has 0 aliphatic carbocycles. The van der Waals surface area contributed by atoms with E-state index in [1.54, 1.807) is 7.11 Å². The van der Waals surface area contributed by atoms with E-state index in [1.165, 1.54) is 0 Å². The lowest BCUT2D eigenvalue weighted by atomic mass is 10.2. The van der Waals surface area contributed by atoms with Crippen LogP contribution in [-0.4, -0.2) is 31.2 Å². The lowest BCUT2D eigenvalue weighted by Gasteiger charge is -2.10. The van der Waals surface area contributed by atoms with Gasteiger partial charge in [-0.15, -0.1) is 0 Å². The molecule has 0 radical (unpaired) electrons. The predicted molar refractivity (Wildman–Crippen MR) is 135 cm³/mol. The molecule has 0 unspecified atom stereocenters. The van der Waals surface area contributed by atoms with E-state index in [1.807, 2.05) is 60.9 Å². The Morgan fingerprint density at radius 3 is 1.82 bits per heavy atom. The lowest BCUT2D eigenvalue weighted by molar-refractivity contribution is 0.414. The zero-order chi connectivity index (χ0) is 22.6. The van der Waals surface area contributed by atoms with Crippen molar-refractivity contribution in [1.82, 2.24) is 24.1 Å².